The van der Waals surface area contributed by atoms with Gasteiger partial charge in [-0.2, -0.15) is 13.2 Å². The number of anilines is 1. The number of halogens is 3. The number of amides is 1. The monoisotopic (exact) mass is 343 g/mol. The summed E-state index contributed by atoms with van der Waals surface area (Å²) in [5.41, 5.74) is -0.0429. The molecule has 0 atom stereocenters. The average Bonchev–Trinajstić information content (AvgIpc) is 2.56. The Hall–Kier alpha value is -1.76. The fourth-order valence-corrected chi connectivity index (χ4v) is 2.91. The van der Waals surface area contributed by atoms with Crippen LogP contribution in [0, 0.1) is 0 Å². The lowest BCUT2D eigenvalue weighted by atomic mass is 10.1. The van der Waals surface area contributed by atoms with Gasteiger partial charge in [-0.3, -0.25) is 9.69 Å². The number of rotatable bonds is 5. The molecule has 0 aliphatic carbocycles. The quantitative estimate of drug-likeness (QED) is 0.822. The fraction of sp³-hybridized carbons (Fsp3) is 0.588. The van der Waals surface area contributed by atoms with E-state index in [0.29, 0.717) is 51.5 Å². The maximum Gasteiger partial charge on any atom is 0.416 e. The summed E-state index contributed by atoms with van der Waals surface area (Å²) < 4.78 is 38.4. The number of carbonyl (C=O) groups excluding carboxylic acids is 1. The lowest BCUT2D eigenvalue weighted by Gasteiger charge is -2.36. The van der Waals surface area contributed by atoms with Gasteiger partial charge >= 0.3 is 6.18 Å². The van der Waals surface area contributed by atoms with Gasteiger partial charge in [0.05, 0.1) is 12.1 Å². The van der Waals surface area contributed by atoms with Gasteiger partial charge in [0.1, 0.15) is 0 Å². The fourth-order valence-electron chi connectivity index (χ4n) is 2.91. The second-order valence-electron chi connectivity index (χ2n) is 5.88. The Morgan fingerprint density at radius 3 is 2.29 bits per heavy atom. The molecule has 134 valence electrons. The minimum absolute atomic E-state index is 0.104. The van der Waals surface area contributed by atoms with Crippen molar-refractivity contribution in [2.24, 2.45) is 0 Å². The number of likely N-dealkylation sites (N-methyl/N-ethyl adjacent to an activating group) is 1. The molecule has 1 aliphatic heterocycles. The van der Waals surface area contributed by atoms with Crippen LogP contribution in [0.5, 0.6) is 0 Å². The van der Waals surface area contributed by atoms with E-state index in [1.807, 2.05) is 18.7 Å². The molecule has 7 heteroatoms. The summed E-state index contributed by atoms with van der Waals surface area (Å²) in [6.45, 7) is 8.24. The van der Waals surface area contributed by atoms with Crippen molar-refractivity contribution in [3.8, 4) is 0 Å². The molecule has 0 saturated carbocycles. The second-order valence-corrected chi connectivity index (χ2v) is 5.88. The summed E-state index contributed by atoms with van der Waals surface area (Å²) in [5.74, 6) is 0.104. The molecule has 0 spiro atoms. The molecule has 24 heavy (non-hydrogen) atoms. The van der Waals surface area contributed by atoms with Gasteiger partial charge in [-0.25, -0.2) is 0 Å². The Kier molecular flexibility index (Phi) is 6.10. The number of benzene rings is 1. The third-order valence-electron chi connectivity index (χ3n) is 4.39. The molecule has 1 saturated heterocycles. The molecule has 0 bridgehead atoms. The van der Waals surface area contributed by atoms with Gasteiger partial charge in [-0.05, 0) is 32.0 Å². The Morgan fingerprint density at radius 1 is 1.12 bits per heavy atom. The first kappa shape index (κ1) is 18.6. The standard InChI is InChI=1S/C17H24F3N3O/c1-3-22(4-2)16(24)13-21-8-10-23(11-9-21)15-7-5-6-14(12-15)17(18,19)20/h5-7,12H,3-4,8-11,13H2,1-2H3. The summed E-state index contributed by atoms with van der Waals surface area (Å²) in [6.07, 6.45) is -4.33. The third-order valence-corrected chi connectivity index (χ3v) is 4.39. The zero-order valence-corrected chi connectivity index (χ0v) is 14.1. The van der Waals surface area contributed by atoms with Crippen LogP contribution >= 0.6 is 0 Å². The highest BCUT2D eigenvalue weighted by atomic mass is 19.4. The first-order valence-corrected chi connectivity index (χ1v) is 8.27. The maximum absolute atomic E-state index is 12.8. The Bertz CT molecular complexity index is 550. The zero-order chi connectivity index (χ0) is 17.7. The predicted molar refractivity (Wildman–Crippen MR) is 88.0 cm³/mol. The lowest BCUT2D eigenvalue weighted by molar-refractivity contribution is -0.137. The summed E-state index contributed by atoms with van der Waals surface area (Å²) >= 11 is 0. The van der Waals surface area contributed by atoms with E-state index in [1.165, 1.54) is 12.1 Å². The molecule has 1 heterocycles. The predicted octanol–water partition coefficient (Wildman–Crippen LogP) is 2.70. The molecule has 1 amide bonds. The van der Waals surface area contributed by atoms with Gasteiger partial charge < -0.3 is 9.80 Å². The summed E-state index contributed by atoms with van der Waals surface area (Å²) in [5, 5.41) is 0. The molecule has 1 aromatic carbocycles. The number of alkyl halides is 3. The van der Waals surface area contributed by atoms with Crippen molar-refractivity contribution in [1.82, 2.24) is 9.80 Å². The molecule has 4 nitrogen and oxygen atoms in total. The molecule has 1 fully saturated rings. The number of hydrogen-bond donors (Lipinski definition) is 0. The van der Waals surface area contributed by atoms with Crippen molar-refractivity contribution in [2.45, 2.75) is 20.0 Å². The van der Waals surface area contributed by atoms with Crippen molar-refractivity contribution < 1.29 is 18.0 Å². The van der Waals surface area contributed by atoms with Crippen molar-refractivity contribution in [2.75, 3.05) is 50.7 Å². The van der Waals surface area contributed by atoms with Gasteiger partial charge in [0, 0.05) is 45.0 Å². The topological polar surface area (TPSA) is 26.8 Å². The van der Waals surface area contributed by atoms with Crippen LogP contribution in [0.15, 0.2) is 24.3 Å². The number of nitrogens with zero attached hydrogens (tertiary/aromatic N) is 3. The third kappa shape index (κ3) is 4.63. The molecular weight excluding hydrogens is 319 g/mol. The zero-order valence-electron chi connectivity index (χ0n) is 14.1. The average molecular weight is 343 g/mol. The van der Waals surface area contributed by atoms with Crippen LogP contribution in [-0.2, 0) is 11.0 Å². The van der Waals surface area contributed by atoms with Crippen LogP contribution in [0.4, 0.5) is 18.9 Å². The van der Waals surface area contributed by atoms with Crippen LogP contribution in [0.3, 0.4) is 0 Å². The van der Waals surface area contributed by atoms with Crippen LogP contribution in [0.2, 0.25) is 0 Å². The molecule has 1 aromatic rings. The van der Waals surface area contributed by atoms with Crippen LogP contribution < -0.4 is 4.90 Å². The largest absolute Gasteiger partial charge is 0.416 e. The summed E-state index contributed by atoms with van der Waals surface area (Å²) in [7, 11) is 0. The summed E-state index contributed by atoms with van der Waals surface area (Å²) in [6, 6.07) is 5.42. The minimum Gasteiger partial charge on any atom is -0.369 e. The molecule has 1 aliphatic rings. The number of hydrogen-bond acceptors (Lipinski definition) is 3. The van der Waals surface area contributed by atoms with E-state index < -0.39 is 11.7 Å². The van der Waals surface area contributed by atoms with Gasteiger partial charge in [-0.15, -0.1) is 0 Å². The van der Waals surface area contributed by atoms with E-state index >= 15 is 0 Å². The van der Waals surface area contributed by atoms with Crippen molar-refractivity contribution in [1.29, 1.82) is 0 Å². The maximum atomic E-state index is 12.8. The lowest BCUT2D eigenvalue weighted by Crippen LogP contribution is -2.50. The molecule has 2 rings (SSSR count). The van der Waals surface area contributed by atoms with Gasteiger partial charge in [0.15, 0.2) is 0 Å². The van der Waals surface area contributed by atoms with E-state index in [9.17, 15) is 18.0 Å². The molecule has 0 radical (unpaired) electrons. The van der Waals surface area contributed by atoms with E-state index in [-0.39, 0.29) is 5.91 Å². The van der Waals surface area contributed by atoms with E-state index in [4.69, 9.17) is 0 Å². The molecular formula is C17H24F3N3O. The molecule has 0 aromatic heterocycles. The van der Waals surface area contributed by atoms with Crippen LogP contribution in [0.1, 0.15) is 19.4 Å². The highest BCUT2D eigenvalue weighted by Gasteiger charge is 2.31. The number of carbonyl (C=O) groups is 1. The second kappa shape index (κ2) is 7.88. The smallest absolute Gasteiger partial charge is 0.369 e. The highest BCUT2D eigenvalue weighted by Crippen LogP contribution is 2.31. The molecule has 0 unspecified atom stereocenters. The molecule has 0 N–H and O–H groups in total. The van der Waals surface area contributed by atoms with Gasteiger partial charge in [0.2, 0.25) is 5.91 Å². The SMILES string of the molecule is CCN(CC)C(=O)CN1CCN(c2cccc(C(F)(F)F)c2)CC1. The normalized spacial score (nSPS) is 16.3. The van der Waals surface area contributed by atoms with E-state index in [2.05, 4.69) is 4.90 Å². The summed E-state index contributed by atoms with van der Waals surface area (Å²) in [4.78, 5) is 17.9. The van der Waals surface area contributed by atoms with Gasteiger partial charge in [0.25, 0.3) is 0 Å². The van der Waals surface area contributed by atoms with Crippen LogP contribution in [-0.4, -0.2) is 61.5 Å². The van der Waals surface area contributed by atoms with Crippen molar-refractivity contribution in [3.05, 3.63) is 29.8 Å². The number of piperazine rings is 1. The highest BCUT2D eigenvalue weighted by molar-refractivity contribution is 5.78. The van der Waals surface area contributed by atoms with Crippen LogP contribution in [0.25, 0.3) is 0 Å². The van der Waals surface area contributed by atoms with E-state index in [0.717, 1.165) is 6.07 Å². The Labute approximate surface area is 140 Å². The first-order valence-electron chi connectivity index (χ1n) is 8.27. The Morgan fingerprint density at radius 2 is 1.75 bits per heavy atom. The Balaban J connectivity index is 1.92. The minimum atomic E-state index is -4.33. The van der Waals surface area contributed by atoms with Crippen molar-refractivity contribution in [3.63, 3.8) is 0 Å². The van der Waals surface area contributed by atoms with Gasteiger partial charge in [-0.1, -0.05) is 6.07 Å². The van der Waals surface area contributed by atoms with E-state index in [1.54, 1.807) is 11.0 Å². The van der Waals surface area contributed by atoms with Crippen molar-refractivity contribution >= 4 is 11.6 Å². The first-order chi connectivity index (χ1) is 11.3.